The SMILES string of the molecule is CCn1nc(C)c(F)c1/C(O)=C(/C#N)c1ccc(C(C)(C)C)cc1. The van der Waals surface area contributed by atoms with Crippen molar-refractivity contribution in [2.24, 2.45) is 0 Å². The lowest BCUT2D eigenvalue weighted by molar-refractivity contribution is 0.487. The summed E-state index contributed by atoms with van der Waals surface area (Å²) < 4.78 is 15.7. The number of rotatable bonds is 3. The monoisotopic (exact) mass is 327 g/mol. The van der Waals surface area contributed by atoms with Gasteiger partial charge < -0.3 is 5.11 Å². The van der Waals surface area contributed by atoms with Crippen LogP contribution in [0.15, 0.2) is 24.3 Å². The molecule has 1 aromatic carbocycles. The zero-order valence-electron chi connectivity index (χ0n) is 14.7. The van der Waals surface area contributed by atoms with Gasteiger partial charge in [-0.3, -0.25) is 4.68 Å². The molecule has 2 rings (SSSR count). The minimum Gasteiger partial charge on any atom is -0.504 e. The van der Waals surface area contributed by atoms with Crippen LogP contribution in [0.4, 0.5) is 4.39 Å². The summed E-state index contributed by atoms with van der Waals surface area (Å²) in [6, 6.07) is 9.36. The van der Waals surface area contributed by atoms with E-state index in [9.17, 15) is 14.8 Å². The predicted molar refractivity (Wildman–Crippen MR) is 92.8 cm³/mol. The Bertz CT molecular complexity index is 818. The van der Waals surface area contributed by atoms with Gasteiger partial charge in [-0.15, -0.1) is 0 Å². The van der Waals surface area contributed by atoms with Gasteiger partial charge in [-0.05, 0) is 30.4 Å². The van der Waals surface area contributed by atoms with E-state index in [-0.39, 0.29) is 28.1 Å². The van der Waals surface area contributed by atoms with Crippen LogP contribution in [0.5, 0.6) is 0 Å². The average Bonchev–Trinajstić information content (AvgIpc) is 2.82. The standard InChI is InChI=1S/C19H22FN3O/c1-6-23-17(16(20)12(2)22-23)18(24)15(11-21)13-7-9-14(10-8-13)19(3,4)5/h7-10,24H,6H2,1-5H3/b18-15+. The van der Waals surface area contributed by atoms with Gasteiger partial charge in [0.15, 0.2) is 11.6 Å². The summed E-state index contributed by atoms with van der Waals surface area (Å²) in [5, 5.41) is 24.1. The fraction of sp³-hybridized carbons (Fsp3) is 0.368. The van der Waals surface area contributed by atoms with Gasteiger partial charge in [-0.1, -0.05) is 45.0 Å². The lowest BCUT2D eigenvalue weighted by atomic mass is 9.86. The summed E-state index contributed by atoms with van der Waals surface area (Å²) >= 11 is 0. The number of halogens is 1. The topological polar surface area (TPSA) is 61.8 Å². The van der Waals surface area contributed by atoms with E-state index in [0.29, 0.717) is 12.1 Å². The second kappa shape index (κ2) is 6.48. The average molecular weight is 327 g/mol. The van der Waals surface area contributed by atoms with Crippen molar-refractivity contribution < 1.29 is 9.50 Å². The third-order valence-corrected chi connectivity index (χ3v) is 3.97. The first-order chi connectivity index (χ1) is 11.2. The molecule has 0 aliphatic heterocycles. The van der Waals surface area contributed by atoms with Crippen molar-refractivity contribution in [3.8, 4) is 6.07 Å². The Labute approximate surface area is 141 Å². The van der Waals surface area contributed by atoms with Crippen molar-refractivity contribution in [1.82, 2.24) is 9.78 Å². The summed E-state index contributed by atoms with van der Waals surface area (Å²) in [6.07, 6.45) is 0. The van der Waals surface area contributed by atoms with E-state index in [1.165, 1.54) is 11.6 Å². The number of hydrogen-bond donors (Lipinski definition) is 1. The molecule has 1 aromatic heterocycles. The van der Waals surface area contributed by atoms with E-state index >= 15 is 0 Å². The Kier molecular flexibility index (Phi) is 4.79. The second-order valence-corrected chi connectivity index (χ2v) is 6.73. The molecule has 2 aromatic rings. The Morgan fingerprint density at radius 1 is 1.29 bits per heavy atom. The van der Waals surface area contributed by atoms with Gasteiger partial charge in [0.25, 0.3) is 0 Å². The molecule has 5 heteroatoms. The first-order valence-corrected chi connectivity index (χ1v) is 7.88. The van der Waals surface area contributed by atoms with Gasteiger partial charge >= 0.3 is 0 Å². The lowest BCUT2D eigenvalue weighted by Crippen LogP contribution is -2.10. The number of allylic oxidation sites excluding steroid dienone is 1. The maximum atomic E-state index is 14.3. The first kappa shape index (κ1) is 17.7. The Morgan fingerprint density at radius 2 is 1.88 bits per heavy atom. The fourth-order valence-electron chi connectivity index (χ4n) is 2.52. The highest BCUT2D eigenvalue weighted by Crippen LogP contribution is 2.29. The molecule has 24 heavy (non-hydrogen) atoms. The maximum Gasteiger partial charge on any atom is 0.175 e. The van der Waals surface area contributed by atoms with Crippen molar-refractivity contribution in [3.05, 3.63) is 52.6 Å². The van der Waals surface area contributed by atoms with Crippen molar-refractivity contribution >= 4 is 11.3 Å². The van der Waals surface area contributed by atoms with Crippen molar-refractivity contribution in [2.45, 2.75) is 46.6 Å². The largest absolute Gasteiger partial charge is 0.504 e. The van der Waals surface area contributed by atoms with E-state index in [1.807, 2.05) is 18.2 Å². The quantitative estimate of drug-likeness (QED) is 0.662. The number of nitriles is 1. The third kappa shape index (κ3) is 3.18. The number of aliphatic hydroxyl groups is 1. The van der Waals surface area contributed by atoms with Gasteiger partial charge in [-0.2, -0.15) is 10.4 Å². The van der Waals surface area contributed by atoms with Crippen LogP contribution in [0.25, 0.3) is 11.3 Å². The van der Waals surface area contributed by atoms with Crippen LogP contribution in [0, 0.1) is 24.1 Å². The van der Waals surface area contributed by atoms with Crippen LogP contribution in [0.2, 0.25) is 0 Å². The predicted octanol–water partition coefficient (Wildman–Crippen LogP) is 4.60. The molecule has 0 saturated carbocycles. The Morgan fingerprint density at radius 3 is 2.33 bits per heavy atom. The number of aliphatic hydroxyl groups excluding tert-OH is 1. The van der Waals surface area contributed by atoms with E-state index in [4.69, 9.17) is 0 Å². The van der Waals surface area contributed by atoms with Crippen LogP contribution in [-0.4, -0.2) is 14.9 Å². The van der Waals surface area contributed by atoms with Gasteiger partial charge in [0.05, 0.1) is 5.69 Å². The summed E-state index contributed by atoms with van der Waals surface area (Å²) in [5.41, 5.74) is 1.82. The molecule has 1 N–H and O–H groups in total. The lowest BCUT2D eigenvalue weighted by Gasteiger charge is -2.19. The minimum absolute atomic E-state index is 0.0128. The molecule has 0 saturated heterocycles. The van der Waals surface area contributed by atoms with Crippen LogP contribution in [0.1, 0.15) is 50.2 Å². The van der Waals surface area contributed by atoms with E-state index in [0.717, 1.165) is 5.56 Å². The number of nitrogens with zero attached hydrogens (tertiary/aromatic N) is 3. The Balaban J connectivity index is 2.59. The molecular formula is C19H22FN3O. The zero-order chi connectivity index (χ0) is 18.1. The normalized spacial score (nSPS) is 12.7. The molecule has 0 aliphatic rings. The first-order valence-electron chi connectivity index (χ1n) is 7.88. The van der Waals surface area contributed by atoms with Crippen molar-refractivity contribution in [2.75, 3.05) is 0 Å². The highest BCUT2D eigenvalue weighted by Gasteiger charge is 2.22. The van der Waals surface area contributed by atoms with Crippen LogP contribution < -0.4 is 0 Å². The van der Waals surface area contributed by atoms with Crippen molar-refractivity contribution in [1.29, 1.82) is 5.26 Å². The molecular weight excluding hydrogens is 305 g/mol. The van der Waals surface area contributed by atoms with Crippen molar-refractivity contribution in [3.63, 3.8) is 0 Å². The highest BCUT2D eigenvalue weighted by molar-refractivity contribution is 5.93. The van der Waals surface area contributed by atoms with Crippen LogP contribution in [-0.2, 0) is 12.0 Å². The molecule has 0 radical (unpaired) electrons. The number of hydrogen-bond acceptors (Lipinski definition) is 3. The maximum absolute atomic E-state index is 14.3. The van der Waals surface area contributed by atoms with Crippen LogP contribution in [0.3, 0.4) is 0 Å². The molecule has 0 aliphatic carbocycles. The number of aryl methyl sites for hydroxylation is 2. The molecule has 1 heterocycles. The van der Waals surface area contributed by atoms with Gasteiger partial charge in [-0.25, -0.2) is 4.39 Å². The smallest absolute Gasteiger partial charge is 0.175 e. The van der Waals surface area contributed by atoms with Gasteiger partial charge in [0.1, 0.15) is 17.3 Å². The Hall–Kier alpha value is -2.61. The molecule has 126 valence electrons. The molecule has 0 amide bonds. The zero-order valence-corrected chi connectivity index (χ0v) is 14.7. The summed E-state index contributed by atoms with van der Waals surface area (Å²) in [6.45, 7) is 10.0. The fourth-order valence-corrected chi connectivity index (χ4v) is 2.52. The number of benzene rings is 1. The summed E-state index contributed by atoms with van der Waals surface area (Å²) in [4.78, 5) is 0. The molecule has 0 bridgehead atoms. The molecule has 0 fully saturated rings. The van der Waals surface area contributed by atoms with Crippen LogP contribution >= 0.6 is 0 Å². The van der Waals surface area contributed by atoms with Gasteiger partial charge in [0.2, 0.25) is 0 Å². The van der Waals surface area contributed by atoms with E-state index in [2.05, 4.69) is 25.9 Å². The van der Waals surface area contributed by atoms with Gasteiger partial charge in [0, 0.05) is 6.54 Å². The molecule has 0 unspecified atom stereocenters. The summed E-state index contributed by atoms with van der Waals surface area (Å²) in [7, 11) is 0. The number of aromatic nitrogens is 2. The molecule has 4 nitrogen and oxygen atoms in total. The molecule has 0 spiro atoms. The highest BCUT2D eigenvalue weighted by atomic mass is 19.1. The van der Waals surface area contributed by atoms with E-state index < -0.39 is 5.82 Å². The minimum atomic E-state index is -0.603. The summed E-state index contributed by atoms with van der Waals surface area (Å²) in [5.74, 6) is -0.991. The van der Waals surface area contributed by atoms with E-state index in [1.54, 1.807) is 19.1 Å². The second-order valence-electron chi connectivity index (χ2n) is 6.73. The third-order valence-electron chi connectivity index (χ3n) is 3.97. The molecule has 0 atom stereocenters.